The second-order valence-corrected chi connectivity index (χ2v) is 2.57. The van der Waals surface area contributed by atoms with Gasteiger partial charge in [-0.15, -0.1) is 6.58 Å². The van der Waals surface area contributed by atoms with E-state index in [1.54, 1.807) is 0 Å². The number of esters is 1. The number of carbonyl (C=O) groups is 1. The van der Waals surface area contributed by atoms with Crippen LogP contribution in [0.4, 0.5) is 4.39 Å². The van der Waals surface area contributed by atoms with Gasteiger partial charge in [-0.1, -0.05) is 6.08 Å². The van der Waals surface area contributed by atoms with Crippen molar-refractivity contribution in [1.82, 2.24) is 0 Å². The maximum Gasteiger partial charge on any atom is 0.305 e. The van der Waals surface area contributed by atoms with Gasteiger partial charge in [-0.3, -0.25) is 4.79 Å². The third-order valence-electron chi connectivity index (χ3n) is 1.59. The number of alkyl halides is 1. The van der Waals surface area contributed by atoms with Crippen molar-refractivity contribution >= 4 is 5.97 Å². The van der Waals surface area contributed by atoms with Crippen LogP contribution in [0.3, 0.4) is 0 Å². The molecule has 2 nitrogen and oxygen atoms in total. The molecule has 1 unspecified atom stereocenters. The summed E-state index contributed by atoms with van der Waals surface area (Å²) in [6, 6.07) is 0. The fraction of sp³-hybridized carbons (Fsp3) is 0.667. The van der Waals surface area contributed by atoms with Gasteiger partial charge in [0.25, 0.3) is 0 Å². The van der Waals surface area contributed by atoms with Gasteiger partial charge in [0.1, 0.15) is 6.17 Å². The molecule has 70 valence electrons. The molecule has 0 saturated carbocycles. The molecule has 0 rings (SSSR count). The van der Waals surface area contributed by atoms with E-state index in [4.69, 9.17) is 0 Å². The van der Waals surface area contributed by atoms with Crippen LogP contribution >= 0.6 is 0 Å². The van der Waals surface area contributed by atoms with E-state index in [0.717, 1.165) is 0 Å². The average Bonchev–Trinajstić information content (AvgIpc) is 2.11. The maximum absolute atomic E-state index is 12.5. The first-order valence-electron chi connectivity index (χ1n) is 4.04. The predicted octanol–water partition coefficient (Wildman–Crippen LogP) is 2.24. The second-order valence-electron chi connectivity index (χ2n) is 2.57. The van der Waals surface area contributed by atoms with Crippen molar-refractivity contribution in [2.24, 2.45) is 0 Å². The highest BCUT2D eigenvalue weighted by Crippen LogP contribution is 2.07. The lowest BCUT2D eigenvalue weighted by Crippen LogP contribution is -2.00. The smallest absolute Gasteiger partial charge is 0.305 e. The van der Waals surface area contributed by atoms with E-state index >= 15 is 0 Å². The Bertz CT molecular complexity index is 145. The number of rotatable bonds is 6. The zero-order valence-electron chi connectivity index (χ0n) is 7.38. The number of unbranched alkanes of at least 4 members (excludes halogenated alkanes) is 1. The minimum atomic E-state index is -0.942. The van der Waals surface area contributed by atoms with Gasteiger partial charge in [0.05, 0.1) is 7.11 Å². The first-order valence-corrected chi connectivity index (χ1v) is 4.04. The van der Waals surface area contributed by atoms with Gasteiger partial charge in [0, 0.05) is 6.42 Å². The van der Waals surface area contributed by atoms with Crippen LogP contribution < -0.4 is 0 Å². The van der Waals surface area contributed by atoms with Crippen molar-refractivity contribution in [2.45, 2.75) is 31.9 Å². The summed E-state index contributed by atoms with van der Waals surface area (Å²) in [5, 5.41) is 0. The molecular formula is C9H15FO2. The fourth-order valence-corrected chi connectivity index (χ4v) is 0.829. The molecule has 12 heavy (non-hydrogen) atoms. The molecule has 0 spiro atoms. The molecule has 0 fully saturated rings. The van der Waals surface area contributed by atoms with E-state index in [-0.39, 0.29) is 5.97 Å². The molecule has 0 amide bonds. The van der Waals surface area contributed by atoms with Crippen molar-refractivity contribution < 1.29 is 13.9 Å². The van der Waals surface area contributed by atoms with Gasteiger partial charge < -0.3 is 4.74 Å². The zero-order valence-corrected chi connectivity index (χ0v) is 7.38. The van der Waals surface area contributed by atoms with Gasteiger partial charge in [-0.2, -0.15) is 0 Å². The van der Waals surface area contributed by atoms with Crippen LogP contribution in [0, 0.1) is 0 Å². The standard InChI is InChI=1S/C9H15FO2/c1-3-8(10)6-4-5-7-9(11)12-2/h3,8H,1,4-7H2,2H3. The largest absolute Gasteiger partial charge is 0.469 e. The lowest BCUT2D eigenvalue weighted by Gasteiger charge is -2.01. The van der Waals surface area contributed by atoms with E-state index in [2.05, 4.69) is 11.3 Å². The minimum absolute atomic E-state index is 0.232. The molecule has 0 aliphatic rings. The zero-order chi connectivity index (χ0) is 9.40. The summed E-state index contributed by atoms with van der Waals surface area (Å²) < 4.78 is 16.9. The molecule has 0 heterocycles. The fourth-order valence-electron chi connectivity index (χ4n) is 0.829. The number of allylic oxidation sites excluding steroid dienone is 1. The Morgan fingerprint density at radius 3 is 2.83 bits per heavy atom. The Hall–Kier alpha value is -0.860. The number of methoxy groups -OCH3 is 1. The van der Waals surface area contributed by atoms with Crippen molar-refractivity contribution in [2.75, 3.05) is 7.11 Å². The van der Waals surface area contributed by atoms with E-state index < -0.39 is 6.17 Å². The van der Waals surface area contributed by atoms with Crippen LogP contribution in [0.25, 0.3) is 0 Å². The molecule has 0 bridgehead atoms. The monoisotopic (exact) mass is 174 g/mol. The van der Waals surface area contributed by atoms with Crippen LogP contribution in [0.2, 0.25) is 0 Å². The molecule has 0 aromatic carbocycles. The lowest BCUT2D eigenvalue weighted by molar-refractivity contribution is -0.140. The lowest BCUT2D eigenvalue weighted by atomic mass is 10.1. The third kappa shape index (κ3) is 5.89. The topological polar surface area (TPSA) is 26.3 Å². The van der Waals surface area contributed by atoms with Crippen molar-refractivity contribution in [1.29, 1.82) is 0 Å². The molecule has 0 aromatic rings. The van der Waals surface area contributed by atoms with Crippen LogP contribution in [0.15, 0.2) is 12.7 Å². The highest BCUT2D eigenvalue weighted by Gasteiger charge is 2.02. The molecule has 0 aliphatic heterocycles. The summed E-state index contributed by atoms with van der Waals surface area (Å²) in [5.41, 5.74) is 0. The number of hydrogen-bond donors (Lipinski definition) is 0. The van der Waals surface area contributed by atoms with Crippen LogP contribution in [0.5, 0.6) is 0 Å². The Labute approximate surface area is 72.4 Å². The SMILES string of the molecule is C=CC(F)CCCCC(=O)OC. The second kappa shape index (κ2) is 6.83. The van der Waals surface area contributed by atoms with Gasteiger partial charge in [0.2, 0.25) is 0 Å². The Morgan fingerprint density at radius 1 is 1.67 bits per heavy atom. The quantitative estimate of drug-likeness (QED) is 0.350. The molecule has 0 aliphatic carbocycles. The number of ether oxygens (including phenoxy) is 1. The average molecular weight is 174 g/mol. The summed E-state index contributed by atoms with van der Waals surface area (Å²) in [7, 11) is 1.35. The predicted molar refractivity (Wildman–Crippen MR) is 45.6 cm³/mol. The summed E-state index contributed by atoms with van der Waals surface area (Å²) in [6.45, 7) is 3.32. The minimum Gasteiger partial charge on any atom is -0.469 e. The van der Waals surface area contributed by atoms with Gasteiger partial charge in [-0.25, -0.2) is 4.39 Å². The molecular weight excluding hydrogens is 159 g/mol. The first kappa shape index (κ1) is 11.1. The summed E-state index contributed by atoms with van der Waals surface area (Å²) in [4.78, 5) is 10.6. The van der Waals surface area contributed by atoms with Crippen molar-refractivity contribution in [3.05, 3.63) is 12.7 Å². The normalized spacial score (nSPS) is 12.2. The number of hydrogen-bond acceptors (Lipinski definition) is 2. The van der Waals surface area contributed by atoms with E-state index in [9.17, 15) is 9.18 Å². The third-order valence-corrected chi connectivity index (χ3v) is 1.59. The van der Waals surface area contributed by atoms with Gasteiger partial charge >= 0.3 is 5.97 Å². The molecule has 1 atom stereocenters. The molecule has 0 aromatic heterocycles. The molecule has 0 radical (unpaired) electrons. The molecule has 0 saturated heterocycles. The van der Waals surface area contributed by atoms with Crippen LogP contribution in [-0.2, 0) is 9.53 Å². The molecule has 3 heteroatoms. The summed E-state index contributed by atoms with van der Waals surface area (Å²) in [5.74, 6) is -0.232. The van der Waals surface area contributed by atoms with Gasteiger partial charge in [-0.05, 0) is 19.3 Å². The number of carbonyl (C=O) groups excluding carboxylic acids is 1. The highest BCUT2D eigenvalue weighted by atomic mass is 19.1. The van der Waals surface area contributed by atoms with Crippen LogP contribution in [0.1, 0.15) is 25.7 Å². The van der Waals surface area contributed by atoms with Crippen molar-refractivity contribution in [3.8, 4) is 0 Å². The van der Waals surface area contributed by atoms with E-state index in [1.807, 2.05) is 0 Å². The Balaban J connectivity index is 3.21. The Kier molecular flexibility index (Phi) is 6.34. The van der Waals surface area contributed by atoms with Gasteiger partial charge in [0.15, 0.2) is 0 Å². The number of halogens is 1. The maximum atomic E-state index is 12.5. The van der Waals surface area contributed by atoms with Crippen molar-refractivity contribution in [3.63, 3.8) is 0 Å². The van der Waals surface area contributed by atoms with Crippen LogP contribution in [-0.4, -0.2) is 19.3 Å². The summed E-state index contributed by atoms with van der Waals surface area (Å²) >= 11 is 0. The molecule has 0 N–H and O–H groups in total. The summed E-state index contributed by atoms with van der Waals surface area (Å²) in [6.07, 6.45) is 2.53. The van der Waals surface area contributed by atoms with E-state index in [1.165, 1.54) is 13.2 Å². The Morgan fingerprint density at radius 2 is 2.33 bits per heavy atom. The first-order chi connectivity index (χ1) is 5.70. The van der Waals surface area contributed by atoms with E-state index in [0.29, 0.717) is 25.7 Å². The highest BCUT2D eigenvalue weighted by molar-refractivity contribution is 5.68.